The third-order valence-electron chi connectivity index (χ3n) is 7.05. The van der Waals surface area contributed by atoms with E-state index in [4.69, 9.17) is 4.74 Å². The van der Waals surface area contributed by atoms with Gasteiger partial charge in [0, 0.05) is 19.5 Å². The largest absolute Gasteiger partial charge is 0.444 e. The Hall–Kier alpha value is -3.25. The van der Waals surface area contributed by atoms with Gasteiger partial charge >= 0.3 is 6.09 Å². The lowest BCUT2D eigenvalue weighted by Gasteiger charge is -2.35. The number of Topliss-reactive ketones (excluding diaryl/α,β-unsaturated/α-hetero) is 1. The van der Waals surface area contributed by atoms with Crippen molar-refractivity contribution in [3.63, 3.8) is 0 Å². The van der Waals surface area contributed by atoms with Gasteiger partial charge in [0.25, 0.3) is 5.91 Å². The lowest BCUT2D eigenvalue weighted by Crippen LogP contribution is -2.51. The Kier molecular flexibility index (Phi) is 7.69. The number of likely N-dealkylation sites (tertiary alicyclic amines) is 1. The molecule has 4 rings (SSSR count). The van der Waals surface area contributed by atoms with Crippen LogP contribution in [-0.4, -0.2) is 47.4 Å². The first-order valence-corrected chi connectivity index (χ1v) is 13.4. The lowest BCUT2D eigenvalue weighted by molar-refractivity contribution is -0.126. The standard InChI is InChI=1S/C28H32FN3O4S/c1-28(2,3)36-27(35)32-21-8-7-19(11-21)25(32)23(33)10-16(14-30)9-18-6-5-17(12-22(18)29)20-13-24(37-15-20)26(34)31-4/h5-6,12-13,15-16,19,21,25H,7-11H2,1-4H3,(H,31,34)/t16-,19+,21-,25+/m1/s1. The zero-order valence-corrected chi connectivity index (χ0v) is 22.4. The molecule has 2 heterocycles. The number of amides is 2. The number of fused-ring (bicyclic) bond motifs is 2. The van der Waals surface area contributed by atoms with E-state index in [1.807, 2.05) is 0 Å². The van der Waals surface area contributed by atoms with Crippen LogP contribution in [0.2, 0.25) is 0 Å². The Balaban J connectivity index is 1.44. The summed E-state index contributed by atoms with van der Waals surface area (Å²) in [4.78, 5) is 40.2. The van der Waals surface area contributed by atoms with Gasteiger partial charge in [0.15, 0.2) is 5.78 Å². The van der Waals surface area contributed by atoms with Crippen LogP contribution in [0, 0.1) is 29.0 Å². The summed E-state index contributed by atoms with van der Waals surface area (Å²) in [6.45, 7) is 5.38. The van der Waals surface area contributed by atoms with Crippen LogP contribution < -0.4 is 5.32 Å². The molecule has 2 amide bonds. The summed E-state index contributed by atoms with van der Waals surface area (Å²) in [5, 5.41) is 14.1. The molecule has 2 fully saturated rings. The lowest BCUT2D eigenvalue weighted by atomic mass is 9.87. The van der Waals surface area contributed by atoms with Gasteiger partial charge in [-0.2, -0.15) is 5.26 Å². The fraction of sp³-hybridized carbons (Fsp3) is 0.500. The minimum atomic E-state index is -0.714. The molecule has 9 heteroatoms. The van der Waals surface area contributed by atoms with E-state index < -0.39 is 29.5 Å². The van der Waals surface area contributed by atoms with Gasteiger partial charge in [-0.25, -0.2) is 9.18 Å². The molecule has 2 aliphatic rings. The van der Waals surface area contributed by atoms with Crippen LogP contribution in [0.1, 0.15) is 61.7 Å². The molecule has 37 heavy (non-hydrogen) atoms. The van der Waals surface area contributed by atoms with Crippen molar-refractivity contribution >= 4 is 29.1 Å². The summed E-state index contributed by atoms with van der Waals surface area (Å²) in [7, 11) is 1.55. The molecular formula is C28H32FN3O4S. The Morgan fingerprint density at radius 1 is 1.24 bits per heavy atom. The molecule has 2 aromatic rings. The van der Waals surface area contributed by atoms with E-state index in [9.17, 15) is 19.6 Å². The number of benzene rings is 1. The molecule has 7 nitrogen and oxygen atoms in total. The predicted octanol–water partition coefficient (Wildman–Crippen LogP) is 5.34. The Labute approximate surface area is 220 Å². The second-order valence-electron chi connectivity index (χ2n) is 10.8. The fourth-order valence-corrected chi connectivity index (χ4v) is 6.26. The Morgan fingerprint density at radius 3 is 2.65 bits per heavy atom. The number of nitriles is 1. The quantitative estimate of drug-likeness (QED) is 0.526. The summed E-state index contributed by atoms with van der Waals surface area (Å²) in [6.07, 6.45) is 2.05. The molecule has 4 atom stereocenters. The molecule has 1 aromatic carbocycles. The Bertz CT molecular complexity index is 1240. The van der Waals surface area contributed by atoms with Gasteiger partial charge in [0.05, 0.1) is 22.9 Å². The first kappa shape index (κ1) is 26.8. The molecular weight excluding hydrogens is 493 g/mol. The van der Waals surface area contributed by atoms with Crippen LogP contribution in [-0.2, 0) is 16.0 Å². The van der Waals surface area contributed by atoms with Crippen molar-refractivity contribution in [2.75, 3.05) is 7.05 Å². The minimum Gasteiger partial charge on any atom is -0.444 e. The predicted molar refractivity (Wildman–Crippen MR) is 139 cm³/mol. The molecule has 2 bridgehead atoms. The number of halogens is 1. The summed E-state index contributed by atoms with van der Waals surface area (Å²) in [6, 6.07) is 8.04. The number of carbonyl (C=O) groups excluding carboxylic acids is 3. The van der Waals surface area contributed by atoms with Crippen molar-refractivity contribution in [3.8, 4) is 17.2 Å². The van der Waals surface area contributed by atoms with E-state index in [0.717, 1.165) is 24.8 Å². The zero-order chi connectivity index (χ0) is 26.9. The van der Waals surface area contributed by atoms with Crippen molar-refractivity contribution in [2.45, 2.75) is 70.6 Å². The minimum absolute atomic E-state index is 0.0136. The summed E-state index contributed by atoms with van der Waals surface area (Å²) in [5.41, 5.74) is 1.05. The zero-order valence-electron chi connectivity index (χ0n) is 21.5. The Morgan fingerprint density at radius 2 is 2.00 bits per heavy atom. The second kappa shape index (κ2) is 10.6. The average molecular weight is 526 g/mol. The van der Waals surface area contributed by atoms with E-state index in [1.54, 1.807) is 56.3 Å². The average Bonchev–Trinajstić information content (AvgIpc) is 3.59. The number of carbonyl (C=O) groups is 3. The van der Waals surface area contributed by atoms with Crippen LogP contribution in [0.25, 0.3) is 11.1 Å². The topological polar surface area (TPSA) is 99.5 Å². The summed E-state index contributed by atoms with van der Waals surface area (Å²) in [5.74, 6) is -1.47. The molecule has 1 saturated heterocycles. The number of hydrogen-bond acceptors (Lipinski definition) is 6. The van der Waals surface area contributed by atoms with Gasteiger partial charge in [-0.15, -0.1) is 11.3 Å². The SMILES string of the molecule is CNC(=O)c1cc(-c2ccc(C[C@@H](C#N)CC(=O)[C@@H]3[C@H]4CC[C@H](C4)N3C(=O)OC(C)(C)C)c(F)c2)cs1. The third-order valence-corrected chi connectivity index (χ3v) is 7.98. The molecule has 1 aliphatic heterocycles. The van der Waals surface area contributed by atoms with Crippen LogP contribution in [0.3, 0.4) is 0 Å². The van der Waals surface area contributed by atoms with Crippen molar-refractivity contribution in [3.05, 3.63) is 45.9 Å². The number of nitrogens with one attached hydrogen (secondary N) is 1. The number of ether oxygens (including phenoxy) is 1. The molecule has 0 unspecified atom stereocenters. The van der Waals surface area contributed by atoms with Gasteiger partial charge < -0.3 is 10.1 Å². The first-order chi connectivity index (χ1) is 17.5. The number of piperidine rings is 1. The number of ketones is 1. The maximum absolute atomic E-state index is 15.0. The van der Waals surface area contributed by atoms with E-state index in [-0.39, 0.29) is 36.5 Å². The van der Waals surface area contributed by atoms with Gasteiger partial charge in [0.1, 0.15) is 11.4 Å². The number of rotatable bonds is 7. The van der Waals surface area contributed by atoms with E-state index in [0.29, 0.717) is 16.0 Å². The maximum Gasteiger partial charge on any atom is 0.411 e. The van der Waals surface area contributed by atoms with Crippen LogP contribution in [0.4, 0.5) is 9.18 Å². The van der Waals surface area contributed by atoms with Crippen molar-refractivity contribution in [2.24, 2.45) is 11.8 Å². The molecule has 196 valence electrons. The number of nitrogens with zero attached hydrogens (tertiary/aromatic N) is 2. The highest BCUT2D eigenvalue weighted by Crippen LogP contribution is 2.44. The van der Waals surface area contributed by atoms with Gasteiger partial charge in [-0.05, 0) is 86.6 Å². The molecule has 1 aromatic heterocycles. The van der Waals surface area contributed by atoms with Crippen LogP contribution >= 0.6 is 11.3 Å². The normalized spacial score (nSPS) is 21.4. The van der Waals surface area contributed by atoms with Crippen LogP contribution in [0.5, 0.6) is 0 Å². The van der Waals surface area contributed by atoms with Crippen molar-refractivity contribution < 1.29 is 23.5 Å². The van der Waals surface area contributed by atoms with E-state index in [1.165, 1.54) is 17.4 Å². The summed E-state index contributed by atoms with van der Waals surface area (Å²) < 4.78 is 20.6. The van der Waals surface area contributed by atoms with Crippen molar-refractivity contribution in [1.29, 1.82) is 5.26 Å². The highest BCUT2D eigenvalue weighted by atomic mass is 32.1. The van der Waals surface area contributed by atoms with Crippen molar-refractivity contribution in [1.82, 2.24) is 10.2 Å². The van der Waals surface area contributed by atoms with Crippen LogP contribution in [0.15, 0.2) is 29.6 Å². The highest BCUT2D eigenvalue weighted by molar-refractivity contribution is 7.12. The van der Waals surface area contributed by atoms with Gasteiger partial charge in [0.2, 0.25) is 0 Å². The number of hydrogen-bond donors (Lipinski definition) is 1. The van der Waals surface area contributed by atoms with Gasteiger partial charge in [-0.3, -0.25) is 14.5 Å². The number of thiophene rings is 1. The maximum atomic E-state index is 15.0. The molecule has 1 aliphatic carbocycles. The second-order valence-corrected chi connectivity index (χ2v) is 11.8. The monoisotopic (exact) mass is 525 g/mol. The van der Waals surface area contributed by atoms with E-state index >= 15 is 4.39 Å². The smallest absolute Gasteiger partial charge is 0.411 e. The molecule has 1 N–H and O–H groups in total. The van der Waals surface area contributed by atoms with Gasteiger partial charge in [-0.1, -0.05) is 12.1 Å². The molecule has 0 spiro atoms. The molecule has 1 saturated carbocycles. The summed E-state index contributed by atoms with van der Waals surface area (Å²) >= 11 is 1.28. The highest BCUT2D eigenvalue weighted by Gasteiger charge is 2.52. The molecule has 0 radical (unpaired) electrons. The van der Waals surface area contributed by atoms with E-state index in [2.05, 4.69) is 11.4 Å². The third kappa shape index (κ3) is 5.85. The fourth-order valence-electron chi connectivity index (χ4n) is 5.40. The first-order valence-electron chi connectivity index (χ1n) is 12.5.